The van der Waals surface area contributed by atoms with Crippen LogP contribution >= 0.6 is 0 Å². The second kappa shape index (κ2) is 7.85. The molecule has 2 aromatic rings. The molecule has 1 aromatic carbocycles. The highest BCUT2D eigenvalue weighted by atomic mass is 16.4. The number of benzene rings is 1. The molecule has 1 aliphatic heterocycles. The maximum atomic E-state index is 12.2. The lowest BCUT2D eigenvalue weighted by Crippen LogP contribution is -2.40. The van der Waals surface area contributed by atoms with Gasteiger partial charge < -0.3 is 9.73 Å². The Labute approximate surface area is 161 Å². The van der Waals surface area contributed by atoms with Crippen LogP contribution in [0, 0.1) is 12.8 Å². The second-order valence-corrected chi connectivity index (χ2v) is 7.91. The Morgan fingerprint density at radius 3 is 2.52 bits per heavy atom. The second-order valence-electron chi connectivity index (χ2n) is 7.91. The molecule has 1 aromatic heterocycles. The van der Waals surface area contributed by atoms with E-state index >= 15 is 0 Å². The van der Waals surface area contributed by atoms with Crippen LogP contribution in [0.1, 0.15) is 49.6 Å². The molecule has 0 radical (unpaired) electrons. The van der Waals surface area contributed by atoms with E-state index in [1.807, 2.05) is 6.92 Å². The largest absolute Gasteiger partial charge is 0.441 e. The fraction of sp³-hybridized carbons (Fsp3) is 0.545. The van der Waals surface area contributed by atoms with Crippen LogP contribution in [0.15, 0.2) is 28.7 Å². The van der Waals surface area contributed by atoms with E-state index in [0.29, 0.717) is 11.9 Å². The van der Waals surface area contributed by atoms with E-state index in [1.54, 1.807) is 0 Å². The van der Waals surface area contributed by atoms with E-state index in [-0.39, 0.29) is 11.8 Å². The number of rotatable bonds is 6. The van der Waals surface area contributed by atoms with Gasteiger partial charge in [-0.15, -0.1) is 0 Å². The molecule has 1 saturated heterocycles. The minimum Gasteiger partial charge on any atom is -0.441 e. The van der Waals surface area contributed by atoms with Crippen molar-refractivity contribution in [1.29, 1.82) is 0 Å². The minimum absolute atomic E-state index is 0.174. The number of aryl methyl sites for hydroxylation is 2. The van der Waals surface area contributed by atoms with Crippen LogP contribution < -0.4 is 5.32 Å². The Bertz CT molecular complexity index is 784. The van der Waals surface area contributed by atoms with Crippen molar-refractivity contribution in [2.24, 2.45) is 5.92 Å². The number of nitrogens with one attached hydrogen (secondary N) is 1. The van der Waals surface area contributed by atoms with E-state index < -0.39 is 0 Å². The molecule has 0 spiro atoms. The SMILES string of the molecule is CCc1ccc(-c2nc(CN3CCC(C(=O)NC4CC4)CC3)c(C)o2)cc1. The molecular weight excluding hydrogens is 338 g/mol. The minimum atomic E-state index is 0.174. The molecule has 144 valence electrons. The van der Waals surface area contributed by atoms with Crippen molar-refractivity contribution in [2.75, 3.05) is 13.1 Å². The summed E-state index contributed by atoms with van der Waals surface area (Å²) in [4.78, 5) is 19.3. The van der Waals surface area contributed by atoms with Crippen LogP contribution in [0.5, 0.6) is 0 Å². The van der Waals surface area contributed by atoms with Gasteiger partial charge in [0.05, 0.1) is 5.69 Å². The Balaban J connectivity index is 1.34. The Kier molecular flexibility index (Phi) is 5.30. The third-order valence-electron chi connectivity index (χ3n) is 5.76. The highest BCUT2D eigenvalue weighted by Crippen LogP contribution is 2.26. The molecule has 1 amide bonds. The number of likely N-dealkylation sites (tertiary alicyclic amines) is 1. The first-order valence-electron chi connectivity index (χ1n) is 10.2. The fourth-order valence-corrected chi connectivity index (χ4v) is 3.69. The molecule has 5 heteroatoms. The van der Waals surface area contributed by atoms with E-state index in [1.165, 1.54) is 5.56 Å². The third-order valence-corrected chi connectivity index (χ3v) is 5.76. The number of carbonyl (C=O) groups excluding carboxylic acids is 1. The summed E-state index contributed by atoms with van der Waals surface area (Å²) in [5, 5.41) is 3.14. The van der Waals surface area contributed by atoms with Crippen LogP contribution in [0.4, 0.5) is 0 Å². The van der Waals surface area contributed by atoms with Gasteiger partial charge in [0.2, 0.25) is 11.8 Å². The van der Waals surface area contributed by atoms with E-state index in [4.69, 9.17) is 9.40 Å². The molecule has 5 nitrogen and oxygen atoms in total. The van der Waals surface area contributed by atoms with Crippen molar-refractivity contribution in [3.8, 4) is 11.5 Å². The van der Waals surface area contributed by atoms with Gasteiger partial charge in [-0.2, -0.15) is 0 Å². The summed E-state index contributed by atoms with van der Waals surface area (Å²) in [6, 6.07) is 8.88. The zero-order chi connectivity index (χ0) is 18.8. The van der Waals surface area contributed by atoms with Gasteiger partial charge in [-0.05, 0) is 69.8 Å². The van der Waals surface area contributed by atoms with Gasteiger partial charge in [0.25, 0.3) is 0 Å². The first-order valence-corrected chi connectivity index (χ1v) is 10.2. The molecule has 0 unspecified atom stereocenters. The standard InChI is InChI=1S/C22H29N3O2/c1-3-16-4-6-18(7-5-16)22-24-20(15(2)27-22)14-25-12-10-17(11-13-25)21(26)23-19-8-9-19/h4-7,17,19H,3,8-14H2,1-2H3,(H,23,26). The van der Waals surface area contributed by atoms with Crippen LogP contribution in [0.2, 0.25) is 0 Å². The number of amides is 1. The van der Waals surface area contributed by atoms with E-state index in [9.17, 15) is 4.79 Å². The summed E-state index contributed by atoms with van der Waals surface area (Å²) in [5.74, 6) is 2.02. The lowest BCUT2D eigenvalue weighted by molar-refractivity contribution is -0.126. The molecule has 1 N–H and O–H groups in total. The molecule has 0 atom stereocenters. The predicted octanol–water partition coefficient (Wildman–Crippen LogP) is 3.70. The predicted molar refractivity (Wildman–Crippen MR) is 105 cm³/mol. The summed E-state index contributed by atoms with van der Waals surface area (Å²) in [6.07, 6.45) is 5.20. The summed E-state index contributed by atoms with van der Waals surface area (Å²) in [5.41, 5.74) is 3.35. The summed E-state index contributed by atoms with van der Waals surface area (Å²) in [6.45, 7) is 6.81. The number of carbonyl (C=O) groups is 1. The molecule has 0 bridgehead atoms. The average molecular weight is 367 g/mol. The number of nitrogens with zero attached hydrogens (tertiary/aromatic N) is 2. The van der Waals surface area contributed by atoms with Crippen molar-refractivity contribution in [2.45, 2.75) is 58.5 Å². The van der Waals surface area contributed by atoms with Crippen molar-refractivity contribution >= 4 is 5.91 Å². The van der Waals surface area contributed by atoms with Gasteiger partial charge in [0, 0.05) is 24.1 Å². The Morgan fingerprint density at radius 1 is 1.19 bits per heavy atom. The van der Waals surface area contributed by atoms with E-state index in [0.717, 1.165) is 68.8 Å². The number of hydrogen-bond acceptors (Lipinski definition) is 4. The summed E-state index contributed by atoms with van der Waals surface area (Å²) in [7, 11) is 0. The number of hydrogen-bond donors (Lipinski definition) is 1. The molecule has 1 aliphatic carbocycles. The normalized spacial score (nSPS) is 18.6. The molecule has 2 heterocycles. The van der Waals surface area contributed by atoms with Crippen molar-refractivity contribution < 1.29 is 9.21 Å². The zero-order valence-electron chi connectivity index (χ0n) is 16.3. The van der Waals surface area contributed by atoms with Gasteiger partial charge in [-0.3, -0.25) is 9.69 Å². The quantitative estimate of drug-likeness (QED) is 0.846. The molecule has 27 heavy (non-hydrogen) atoms. The number of oxazole rings is 1. The van der Waals surface area contributed by atoms with Crippen molar-refractivity contribution in [3.63, 3.8) is 0 Å². The van der Waals surface area contributed by atoms with E-state index in [2.05, 4.69) is 41.4 Å². The van der Waals surface area contributed by atoms with Crippen LogP contribution in [0.3, 0.4) is 0 Å². The van der Waals surface area contributed by atoms with Gasteiger partial charge >= 0.3 is 0 Å². The number of piperidine rings is 1. The average Bonchev–Trinajstić information content (AvgIpc) is 3.44. The van der Waals surface area contributed by atoms with Crippen LogP contribution in [0.25, 0.3) is 11.5 Å². The highest BCUT2D eigenvalue weighted by molar-refractivity contribution is 5.79. The molecule has 1 saturated carbocycles. The summed E-state index contributed by atoms with van der Waals surface area (Å²) < 4.78 is 5.92. The van der Waals surface area contributed by atoms with Gasteiger partial charge in [-0.25, -0.2) is 4.98 Å². The van der Waals surface area contributed by atoms with Crippen LogP contribution in [-0.4, -0.2) is 34.9 Å². The summed E-state index contributed by atoms with van der Waals surface area (Å²) >= 11 is 0. The van der Waals surface area contributed by atoms with Gasteiger partial charge in [-0.1, -0.05) is 19.1 Å². The highest BCUT2D eigenvalue weighted by Gasteiger charge is 2.30. The molecule has 2 aliphatic rings. The maximum Gasteiger partial charge on any atom is 0.226 e. The lowest BCUT2D eigenvalue weighted by Gasteiger charge is -2.30. The smallest absolute Gasteiger partial charge is 0.226 e. The maximum absolute atomic E-state index is 12.2. The number of aromatic nitrogens is 1. The monoisotopic (exact) mass is 367 g/mol. The zero-order valence-corrected chi connectivity index (χ0v) is 16.3. The Hall–Kier alpha value is -2.14. The third kappa shape index (κ3) is 4.41. The Morgan fingerprint density at radius 2 is 1.89 bits per heavy atom. The first-order chi connectivity index (χ1) is 13.1. The molecular formula is C22H29N3O2. The molecule has 4 rings (SSSR count). The topological polar surface area (TPSA) is 58.4 Å². The van der Waals surface area contributed by atoms with Gasteiger partial charge in [0.1, 0.15) is 5.76 Å². The van der Waals surface area contributed by atoms with Crippen LogP contribution in [-0.2, 0) is 17.8 Å². The van der Waals surface area contributed by atoms with Gasteiger partial charge in [0.15, 0.2) is 0 Å². The first kappa shape index (κ1) is 18.2. The van der Waals surface area contributed by atoms with Crippen molar-refractivity contribution in [1.82, 2.24) is 15.2 Å². The molecule has 2 fully saturated rings. The fourth-order valence-electron chi connectivity index (χ4n) is 3.69. The van der Waals surface area contributed by atoms with Crippen molar-refractivity contribution in [3.05, 3.63) is 41.3 Å². The lowest BCUT2D eigenvalue weighted by atomic mass is 9.95.